The van der Waals surface area contributed by atoms with Gasteiger partial charge in [0, 0.05) is 21.9 Å². The number of para-hydroxylation sites is 1. The Morgan fingerprint density at radius 2 is 1.69 bits per heavy atom. The number of nitrogens with one attached hydrogen (secondary N) is 1. The number of anilines is 1. The van der Waals surface area contributed by atoms with Crippen LogP contribution in [0.25, 0.3) is 0 Å². The maximum Gasteiger partial charge on any atom is 0.573 e. The number of aryl methyl sites for hydroxylation is 1. The monoisotopic (exact) mass is 525 g/mol. The molecule has 0 aliphatic carbocycles. The van der Waals surface area contributed by atoms with Gasteiger partial charge in [-0.15, -0.1) is 24.9 Å². The molecule has 0 radical (unpaired) electrons. The molecule has 3 aromatic carbocycles. The molecule has 3 rings (SSSR count). The first-order chi connectivity index (χ1) is 16.5. The Hall–Kier alpha value is -3.18. The van der Waals surface area contributed by atoms with E-state index < -0.39 is 22.4 Å². The molecule has 0 heterocycles. The van der Waals surface area contributed by atoms with Gasteiger partial charge in [-0.05, 0) is 54.4 Å². The van der Waals surface area contributed by atoms with Gasteiger partial charge in [-0.3, -0.25) is 4.72 Å². The van der Waals surface area contributed by atoms with E-state index in [1.165, 1.54) is 43.1 Å². The van der Waals surface area contributed by atoms with E-state index in [9.17, 15) is 26.4 Å². The number of halogens is 3. The highest BCUT2D eigenvalue weighted by Gasteiger charge is 2.32. The minimum Gasteiger partial charge on any atom is -0.465 e. The lowest BCUT2D eigenvalue weighted by atomic mass is 10.1. The van der Waals surface area contributed by atoms with Crippen LogP contribution in [0.2, 0.25) is 0 Å². The summed E-state index contributed by atoms with van der Waals surface area (Å²) in [5.74, 6) is -0.669. The van der Waals surface area contributed by atoms with E-state index in [-0.39, 0.29) is 27.6 Å². The number of ether oxygens (including phenoxy) is 2. The summed E-state index contributed by atoms with van der Waals surface area (Å²) in [6, 6.07) is 16.5. The quantitative estimate of drug-likeness (QED) is 0.272. The van der Waals surface area contributed by atoms with Gasteiger partial charge in [-0.25, -0.2) is 13.2 Å². The summed E-state index contributed by atoms with van der Waals surface area (Å²) >= 11 is 1.27. The number of alkyl halides is 3. The Labute approximate surface area is 205 Å². The minimum absolute atomic E-state index is 0.0881. The second-order valence-electron chi connectivity index (χ2n) is 7.24. The maximum atomic E-state index is 12.8. The zero-order valence-electron chi connectivity index (χ0n) is 18.8. The number of carbonyl (C=O) groups is 1. The highest BCUT2D eigenvalue weighted by Crippen LogP contribution is 2.32. The zero-order valence-corrected chi connectivity index (χ0v) is 20.4. The van der Waals surface area contributed by atoms with Crippen molar-refractivity contribution >= 4 is 33.4 Å². The molecule has 6 nitrogen and oxygen atoms in total. The molecule has 3 aromatic rings. The Bertz CT molecular complexity index is 1290. The first kappa shape index (κ1) is 26.4. The molecule has 0 aromatic heterocycles. The molecular formula is C24H22F3NO5S2. The van der Waals surface area contributed by atoms with Crippen LogP contribution in [-0.4, -0.2) is 27.9 Å². The number of methoxy groups -OCH3 is 1. The van der Waals surface area contributed by atoms with Crippen molar-refractivity contribution in [2.45, 2.75) is 35.3 Å². The van der Waals surface area contributed by atoms with Gasteiger partial charge in [0.2, 0.25) is 0 Å². The summed E-state index contributed by atoms with van der Waals surface area (Å²) in [5, 5.41) is 0. The Morgan fingerprint density at radius 3 is 2.31 bits per heavy atom. The van der Waals surface area contributed by atoms with Crippen molar-refractivity contribution in [2.24, 2.45) is 0 Å². The molecule has 0 aliphatic heterocycles. The smallest absolute Gasteiger partial charge is 0.465 e. The molecule has 0 amide bonds. The van der Waals surface area contributed by atoms with E-state index in [4.69, 9.17) is 4.74 Å². The third kappa shape index (κ3) is 7.15. The number of rotatable bonds is 9. The van der Waals surface area contributed by atoms with Crippen molar-refractivity contribution in [1.29, 1.82) is 0 Å². The third-order valence-corrected chi connectivity index (χ3v) is 7.32. The van der Waals surface area contributed by atoms with Crippen LogP contribution in [0.1, 0.15) is 28.4 Å². The Balaban J connectivity index is 1.71. The lowest BCUT2D eigenvalue weighted by Gasteiger charge is -2.13. The van der Waals surface area contributed by atoms with E-state index >= 15 is 0 Å². The average Bonchev–Trinajstić information content (AvgIpc) is 2.82. The first-order valence-electron chi connectivity index (χ1n) is 10.3. The molecule has 186 valence electrons. The van der Waals surface area contributed by atoms with Crippen LogP contribution in [-0.2, 0) is 26.9 Å². The van der Waals surface area contributed by atoms with Crippen LogP contribution < -0.4 is 9.46 Å². The number of hydrogen-bond donors (Lipinski definition) is 1. The highest BCUT2D eigenvalue weighted by atomic mass is 32.2. The Morgan fingerprint density at radius 1 is 1.00 bits per heavy atom. The minimum atomic E-state index is -4.78. The number of benzene rings is 3. The third-order valence-electron chi connectivity index (χ3n) is 4.88. The van der Waals surface area contributed by atoms with Gasteiger partial charge in [0.25, 0.3) is 10.0 Å². The number of hydrogen-bond acceptors (Lipinski definition) is 6. The summed E-state index contributed by atoms with van der Waals surface area (Å²) < 4.78 is 74.7. The van der Waals surface area contributed by atoms with Crippen LogP contribution in [0, 0.1) is 0 Å². The largest absolute Gasteiger partial charge is 0.573 e. The molecular weight excluding hydrogens is 503 g/mol. The van der Waals surface area contributed by atoms with Gasteiger partial charge < -0.3 is 9.47 Å². The summed E-state index contributed by atoms with van der Waals surface area (Å²) in [6.07, 6.45) is -4.25. The van der Waals surface area contributed by atoms with Crippen molar-refractivity contribution < 1.29 is 35.9 Å². The van der Waals surface area contributed by atoms with E-state index in [0.717, 1.165) is 4.90 Å². The van der Waals surface area contributed by atoms with Crippen LogP contribution in [0.5, 0.6) is 5.75 Å². The molecule has 35 heavy (non-hydrogen) atoms. The average molecular weight is 526 g/mol. The number of carbonyl (C=O) groups excluding carboxylic acids is 1. The van der Waals surface area contributed by atoms with Crippen molar-refractivity contribution in [3.63, 3.8) is 0 Å². The number of esters is 1. The van der Waals surface area contributed by atoms with Crippen LogP contribution in [0.3, 0.4) is 0 Å². The van der Waals surface area contributed by atoms with E-state index in [1.807, 2.05) is 6.92 Å². The van der Waals surface area contributed by atoms with Gasteiger partial charge in [0.05, 0.1) is 17.6 Å². The molecule has 0 bridgehead atoms. The van der Waals surface area contributed by atoms with Gasteiger partial charge in [0.1, 0.15) is 5.75 Å². The fraction of sp³-hybridized carbons (Fsp3) is 0.208. The molecule has 11 heteroatoms. The molecule has 0 saturated carbocycles. The summed E-state index contributed by atoms with van der Waals surface area (Å²) in [7, 11) is -2.76. The number of sulfonamides is 1. The summed E-state index contributed by atoms with van der Waals surface area (Å²) in [6.45, 7) is 1.84. The van der Waals surface area contributed by atoms with Gasteiger partial charge in [0.15, 0.2) is 0 Å². The van der Waals surface area contributed by atoms with Crippen molar-refractivity contribution in [2.75, 3.05) is 11.8 Å². The van der Waals surface area contributed by atoms with Crippen LogP contribution >= 0.6 is 11.8 Å². The summed E-state index contributed by atoms with van der Waals surface area (Å²) in [4.78, 5) is 12.6. The highest BCUT2D eigenvalue weighted by molar-refractivity contribution is 7.98. The summed E-state index contributed by atoms with van der Waals surface area (Å²) in [5.41, 5.74) is 1.50. The fourth-order valence-electron chi connectivity index (χ4n) is 3.17. The van der Waals surface area contributed by atoms with Crippen molar-refractivity contribution in [1.82, 2.24) is 0 Å². The topological polar surface area (TPSA) is 81.7 Å². The predicted molar refractivity (Wildman–Crippen MR) is 127 cm³/mol. The SMILES string of the molecule is CCc1ccc(S(=O)(=O)Nc2ccc(SCc3ccccc3OC(F)(F)F)cc2)cc1C(=O)OC. The van der Waals surface area contributed by atoms with E-state index in [1.54, 1.807) is 42.5 Å². The van der Waals surface area contributed by atoms with Crippen molar-refractivity contribution in [3.8, 4) is 5.75 Å². The van der Waals surface area contributed by atoms with E-state index in [2.05, 4.69) is 9.46 Å². The Kier molecular flexibility index (Phi) is 8.34. The maximum absolute atomic E-state index is 12.8. The molecule has 0 aliphatic rings. The van der Waals surface area contributed by atoms with Gasteiger partial charge in [-0.1, -0.05) is 31.2 Å². The zero-order chi connectivity index (χ0) is 25.6. The first-order valence-corrected chi connectivity index (χ1v) is 12.8. The standard InChI is InChI=1S/C24H22F3NO5S2/c1-3-16-8-13-20(14-21(16)23(29)32-2)35(30,31)28-18-9-11-19(12-10-18)34-15-17-6-4-5-7-22(17)33-24(25,26)27/h4-14,28H,3,15H2,1-2H3. The molecule has 0 unspecified atom stereocenters. The fourth-order valence-corrected chi connectivity index (χ4v) is 5.15. The van der Waals surface area contributed by atoms with Crippen LogP contribution in [0.4, 0.5) is 18.9 Å². The second-order valence-corrected chi connectivity index (χ2v) is 9.97. The normalized spacial score (nSPS) is 11.7. The predicted octanol–water partition coefficient (Wildman–Crippen LogP) is 6.03. The molecule has 0 atom stereocenters. The lowest BCUT2D eigenvalue weighted by molar-refractivity contribution is -0.274. The van der Waals surface area contributed by atoms with Gasteiger partial charge in [-0.2, -0.15) is 0 Å². The van der Waals surface area contributed by atoms with Crippen molar-refractivity contribution in [3.05, 3.63) is 83.4 Å². The molecule has 0 saturated heterocycles. The molecule has 1 N–H and O–H groups in total. The lowest BCUT2D eigenvalue weighted by Crippen LogP contribution is -2.18. The van der Waals surface area contributed by atoms with Crippen LogP contribution in [0.15, 0.2) is 76.5 Å². The second kappa shape index (κ2) is 11.0. The molecule has 0 spiro atoms. The number of thioether (sulfide) groups is 1. The van der Waals surface area contributed by atoms with E-state index in [0.29, 0.717) is 17.5 Å². The van der Waals surface area contributed by atoms with Gasteiger partial charge >= 0.3 is 12.3 Å². The molecule has 0 fully saturated rings.